The Kier molecular flexibility index (Phi) is 5.56. The van der Waals surface area contributed by atoms with Crippen LogP contribution in [0.15, 0.2) is 58.8 Å². The molecule has 0 saturated carbocycles. The first-order chi connectivity index (χ1) is 12.5. The van der Waals surface area contributed by atoms with E-state index in [0.717, 1.165) is 6.42 Å². The zero-order valence-corrected chi connectivity index (χ0v) is 15.1. The maximum Gasteiger partial charge on any atom is 0.270 e. The molecule has 1 saturated heterocycles. The number of nitrogens with one attached hydrogen (secondary N) is 1. The van der Waals surface area contributed by atoms with Crippen molar-refractivity contribution in [2.75, 3.05) is 13.1 Å². The van der Waals surface area contributed by atoms with Gasteiger partial charge in [-0.25, -0.2) is 0 Å². The number of carbonyl (C=O) groups excluding carboxylic acids is 2. The highest BCUT2D eigenvalue weighted by Gasteiger charge is 2.28. The highest BCUT2D eigenvalue weighted by molar-refractivity contribution is 6.05. The Balaban J connectivity index is 1.84. The number of furan rings is 1. The van der Waals surface area contributed by atoms with Crippen LogP contribution in [0.4, 0.5) is 0 Å². The van der Waals surface area contributed by atoms with Gasteiger partial charge in [-0.1, -0.05) is 32.0 Å². The van der Waals surface area contributed by atoms with Gasteiger partial charge in [-0.2, -0.15) is 0 Å². The van der Waals surface area contributed by atoms with Crippen molar-refractivity contribution in [3.63, 3.8) is 0 Å². The monoisotopic (exact) mass is 352 g/mol. The van der Waals surface area contributed by atoms with Crippen LogP contribution in [0.1, 0.15) is 36.4 Å². The second kappa shape index (κ2) is 8.04. The van der Waals surface area contributed by atoms with Gasteiger partial charge in [0.25, 0.3) is 11.8 Å². The molecule has 26 heavy (non-hydrogen) atoms. The number of hydrogen-bond acceptors (Lipinski definition) is 3. The van der Waals surface area contributed by atoms with Crippen molar-refractivity contribution in [3.05, 3.63) is 65.7 Å². The van der Waals surface area contributed by atoms with Crippen molar-refractivity contribution >= 4 is 17.9 Å². The number of hydrogen-bond donors (Lipinski definition) is 1. The second-order valence-corrected chi connectivity index (χ2v) is 7.05. The fraction of sp³-hybridized carbons (Fsp3) is 0.333. The third-order valence-electron chi connectivity index (χ3n) is 4.50. The quantitative estimate of drug-likeness (QED) is 0.856. The molecule has 2 atom stereocenters. The van der Waals surface area contributed by atoms with Gasteiger partial charge in [0.2, 0.25) is 0 Å². The van der Waals surface area contributed by atoms with Gasteiger partial charge in [-0.05, 0) is 42.5 Å². The molecule has 0 radical (unpaired) electrons. The summed E-state index contributed by atoms with van der Waals surface area (Å²) in [6.07, 6.45) is 4.24. The fourth-order valence-corrected chi connectivity index (χ4v) is 3.45. The minimum atomic E-state index is -0.310. The van der Waals surface area contributed by atoms with Crippen LogP contribution in [0, 0.1) is 11.8 Å². The third kappa shape index (κ3) is 4.42. The summed E-state index contributed by atoms with van der Waals surface area (Å²) in [5, 5.41) is 2.77. The summed E-state index contributed by atoms with van der Waals surface area (Å²) < 4.78 is 5.33. The molecular formula is C21H24N2O3. The molecule has 5 nitrogen and oxygen atoms in total. The number of amides is 2. The lowest BCUT2D eigenvalue weighted by Crippen LogP contribution is -2.45. The van der Waals surface area contributed by atoms with Crippen molar-refractivity contribution in [2.24, 2.45) is 11.8 Å². The van der Waals surface area contributed by atoms with E-state index in [0.29, 0.717) is 36.2 Å². The summed E-state index contributed by atoms with van der Waals surface area (Å²) in [7, 11) is 0. The van der Waals surface area contributed by atoms with Crippen LogP contribution in [0.5, 0.6) is 0 Å². The highest BCUT2D eigenvalue weighted by atomic mass is 16.3. The zero-order valence-electron chi connectivity index (χ0n) is 15.1. The van der Waals surface area contributed by atoms with Crippen LogP contribution in [0.2, 0.25) is 0 Å². The molecule has 3 rings (SSSR count). The summed E-state index contributed by atoms with van der Waals surface area (Å²) in [5.41, 5.74) is 0.737. The standard InChI is InChI=1S/C21H24N2O3/c1-15-11-16(2)14-23(13-15)21(25)19(12-18-9-6-10-26-18)22-20(24)17-7-4-3-5-8-17/h3-10,12,15-16H,11,13-14H2,1-2H3,(H,22,24)/b19-12+/t15-,16+. The summed E-state index contributed by atoms with van der Waals surface area (Å²) in [6, 6.07) is 12.4. The molecule has 0 bridgehead atoms. The van der Waals surface area contributed by atoms with Gasteiger partial charge in [0.1, 0.15) is 11.5 Å². The SMILES string of the molecule is C[C@@H]1C[C@H](C)CN(C(=O)/C(=C\c2ccco2)NC(=O)c2ccccc2)C1. The number of likely N-dealkylation sites (tertiary alicyclic amines) is 1. The van der Waals surface area contributed by atoms with E-state index < -0.39 is 0 Å². The predicted molar refractivity (Wildman–Crippen MR) is 100 cm³/mol. The largest absolute Gasteiger partial charge is 0.465 e. The Labute approximate surface area is 153 Å². The molecule has 136 valence electrons. The minimum absolute atomic E-state index is 0.177. The van der Waals surface area contributed by atoms with Crippen molar-refractivity contribution in [2.45, 2.75) is 20.3 Å². The first-order valence-electron chi connectivity index (χ1n) is 8.94. The first-order valence-corrected chi connectivity index (χ1v) is 8.94. The summed E-state index contributed by atoms with van der Waals surface area (Å²) in [6.45, 7) is 5.68. The van der Waals surface area contributed by atoms with Crippen LogP contribution in [-0.2, 0) is 4.79 Å². The summed E-state index contributed by atoms with van der Waals surface area (Å²) in [4.78, 5) is 27.4. The Morgan fingerprint density at radius 1 is 1.08 bits per heavy atom. The first kappa shape index (κ1) is 18.0. The third-order valence-corrected chi connectivity index (χ3v) is 4.50. The van der Waals surface area contributed by atoms with E-state index >= 15 is 0 Å². The topological polar surface area (TPSA) is 62.6 Å². The Morgan fingerprint density at radius 2 is 1.77 bits per heavy atom. The Hall–Kier alpha value is -2.82. The minimum Gasteiger partial charge on any atom is -0.465 e. The van der Waals surface area contributed by atoms with E-state index in [2.05, 4.69) is 19.2 Å². The van der Waals surface area contributed by atoms with Crippen LogP contribution in [0.25, 0.3) is 6.08 Å². The summed E-state index contributed by atoms with van der Waals surface area (Å²) in [5.74, 6) is 0.925. The lowest BCUT2D eigenvalue weighted by molar-refractivity contribution is -0.130. The van der Waals surface area contributed by atoms with Gasteiger partial charge in [0.05, 0.1) is 6.26 Å². The van der Waals surface area contributed by atoms with E-state index in [9.17, 15) is 9.59 Å². The molecule has 1 aliphatic rings. The molecule has 1 aliphatic heterocycles. The fourth-order valence-electron chi connectivity index (χ4n) is 3.45. The molecule has 0 unspecified atom stereocenters. The molecule has 1 aromatic heterocycles. The van der Waals surface area contributed by atoms with Gasteiger partial charge < -0.3 is 14.6 Å². The van der Waals surface area contributed by atoms with Gasteiger partial charge in [0.15, 0.2) is 0 Å². The van der Waals surface area contributed by atoms with E-state index in [1.165, 1.54) is 6.26 Å². The molecule has 1 aromatic carbocycles. The van der Waals surface area contributed by atoms with E-state index in [1.54, 1.807) is 42.5 Å². The van der Waals surface area contributed by atoms with Gasteiger partial charge in [-0.3, -0.25) is 9.59 Å². The lowest BCUT2D eigenvalue weighted by atomic mass is 9.91. The molecule has 0 spiro atoms. The van der Waals surface area contributed by atoms with Gasteiger partial charge in [-0.15, -0.1) is 0 Å². The highest BCUT2D eigenvalue weighted by Crippen LogP contribution is 2.22. The van der Waals surface area contributed by atoms with Gasteiger partial charge in [0, 0.05) is 24.7 Å². The van der Waals surface area contributed by atoms with E-state index in [1.807, 2.05) is 11.0 Å². The molecule has 1 N–H and O–H groups in total. The maximum atomic E-state index is 13.1. The Bertz CT molecular complexity index is 771. The van der Waals surface area contributed by atoms with E-state index in [4.69, 9.17) is 4.42 Å². The molecule has 2 heterocycles. The zero-order chi connectivity index (χ0) is 18.5. The molecule has 5 heteroatoms. The second-order valence-electron chi connectivity index (χ2n) is 7.05. The number of rotatable bonds is 4. The van der Waals surface area contributed by atoms with Crippen LogP contribution in [0.3, 0.4) is 0 Å². The predicted octanol–water partition coefficient (Wildman–Crippen LogP) is 3.56. The number of piperidine rings is 1. The molecule has 1 fully saturated rings. The number of carbonyl (C=O) groups is 2. The smallest absolute Gasteiger partial charge is 0.270 e. The molecule has 0 aliphatic carbocycles. The molecule has 2 aromatic rings. The van der Waals surface area contributed by atoms with Crippen molar-refractivity contribution < 1.29 is 14.0 Å². The number of nitrogens with zero attached hydrogens (tertiary/aromatic N) is 1. The van der Waals surface area contributed by atoms with Crippen LogP contribution < -0.4 is 5.32 Å². The van der Waals surface area contributed by atoms with Crippen LogP contribution >= 0.6 is 0 Å². The number of benzene rings is 1. The lowest BCUT2D eigenvalue weighted by Gasteiger charge is -2.35. The van der Waals surface area contributed by atoms with Crippen molar-refractivity contribution in [1.29, 1.82) is 0 Å². The molecular weight excluding hydrogens is 328 g/mol. The average Bonchev–Trinajstić information content (AvgIpc) is 3.13. The van der Waals surface area contributed by atoms with E-state index in [-0.39, 0.29) is 17.5 Å². The summed E-state index contributed by atoms with van der Waals surface area (Å²) >= 11 is 0. The van der Waals surface area contributed by atoms with Crippen molar-refractivity contribution in [3.8, 4) is 0 Å². The van der Waals surface area contributed by atoms with Gasteiger partial charge >= 0.3 is 0 Å². The normalized spacial score (nSPS) is 20.7. The average molecular weight is 352 g/mol. The van der Waals surface area contributed by atoms with Crippen LogP contribution in [-0.4, -0.2) is 29.8 Å². The maximum absolute atomic E-state index is 13.1. The van der Waals surface area contributed by atoms with Crippen molar-refractivity contribution in [1.82, 2.24) is 10.2 Å². The Morgan fingerprint density at radius 3 is 2.38 bits per heavy atom. The molecule has 2 amide bonds.